The van der Waals surface area contributed by atoms with Crippen LogP contribution in [0.15, 0.2) is 116 Å². The maximum absolute atomic E-state index is 14.8. The monoisotopic (exact) mass is 1260 g/mol. The highest BCUT2D eigenvalue weighted by Gasteiger charge is 2.62. The fraction of sp³-hybridized carbons (Fsp3) is 0.400. The van der Waals surface area contributed by atoms with Crippen molar-refractivity contribution in [2.75, 3.05) is 10.2 Å². The number of alkyl halides is 6. The highest BCUT2D eigenvalue weighted by Crippen LogP contribution is 2.48. The fourth-order valence-corrected chi connectivity index (χ4v) is 7.62. The summed E-state index contributed by atoms with van der Waals surface area (Å²) in [5.41, 5.74) is -7.25. The number of aromatic nitrogens is 6. The summed E-state index contributed by atoms with van der Waals surface area (Å²) in [5, 5.41) is 17.6. The topological polar surface area (TPSA) is 216 Å². The Morgan fingerprint density at radius 3 is 1.36 bits per heavy atom. The van der Waals surface area contributed by atoms with Crippen LogP contribution >= 0.6 is 31.9 Å². The fourth-order valence-electron chi connectivity index (χ4n) is 7.04. The molecule has 81 heavy (non-hydrogen) atoms. The van der Waals surface area contributed by atoms with Crippen molar-refractivity contribution in [3.8, 4) is 23.2 Å². The zero-order valence-electron chi connectivity index (χ0n) is 46.1. The summed E-state index contributed by atoms with van der Waals surface area (Å²) in [4.78, 5) is 48.4. The van der Waals surface area contributed by atoms with E-state index in [1.807, 2.05) is 0 Å². The summed E-state index contributed by atoms with van der Waals surface area (Å²) >= 11 is 6.57. The van der Waals surface area contributed by atoms with E-state index < -0.39 is 95.8 Å². The van der Waals surface area contributed by atoms with Crippen molar-refractivity contribution in [1.82, 2.24) is 30.4 Å². The number of rotatable bonds is 16. The first kappa shape index (κ1) is 64.8. The molecule has 2 atom stereocenters. The number of nitrogens with one attached hydrogen (secondary N) is 1. The van der Waals surface area contributed by atoms with Crippen molar-refractivity contribution in [3.63, 3.8) is 0 Å². The first-order valence-corrected chi connectivity index (χ1v) is 26.1. The van der Waals surface area contributed by atoms with Crippen molar-refractivity contribution < 1.29 is 73.2 Å². The minimum atomic E-state index is -5.02. The van der Waals surface area contributed by atoms with Crippen molar-refractivity contribution in [1.29, 1.82) is 0 Å². The number of carbonyl (C=O) groups excluding carboxylic acids is 3. The van der Waals surface area contributed by atoms with Gasteiger partial charge in [-0.3, -0.25) is 5.32 Å². The van der Waals surface area contributed by atoms with Gasteiger partial charge < -0.3 is 32.5 Å². The Bertz CT molecular complexity index is 3150. The molecule has 2 aromatic carbocycles. The zero-order chi connectivity index (χ0) is 60.5. The highest BCUT2D eigenvalue weighted by atomic mass is 79.9. The molecule has 0 aliphatic carbocycles. The van der Waals surface area contributed by atoms with Crippen LogP contribution in [0.3, 0.4) is 0 Å². The Labute approximate surface area is 480 Å². The van der Waals surface area contributed by atoms with Crippen LogP contribution in [0.4, 0.5) is 52.1 Å². The largest absolute Gasteiger partial charge is 0.444 e. The Kier molecular flexibility index (Phi) is 20.7. The van der Waals surface area contributed by atoms with Crippen LogP contribution < -0.4 is 10.2 Å². The molecule has 6 aromatic rings. The van der Waals surface area contributed by atoms with Crippen molar-refractivity contribution in [2.45, 2.75) is 143 Å². The van der Waals surface area contributed by atoms with Gasteiger partial charge in [0.25, 0.3) is 23.6 Å². The Morgan fingerprint density at radius 2 is 0.975 bits per heavy atom. The lowest BCUT2D eigenvalue weighted by Crippen LogP contribution is -2.45. The van der Waals surface area contributed by atoms with Gasteiger partial charge in [-0.15, -0.1) is 33.6 Å². The van der Waals surface area contributed by atoms with Gasteiger partial charge in [0.1, 0.15) is 26.0 Å². The van der Waals surface area contributed by atoms with E-state index in [1.165, 1.54) is 6.07 Å². The second kappa shape index (κ2) is 25.8. The Balaban J connectivity index is 0.000000302. The number of hydrogen-bond donors (Lipinski definition) is 1. The molecule has 436 valence electrons. The molecule has 4 aromatic heterocycles. The molecule has 3 amide bonds. The molecule has 4 heterocycles. The highest BCUT2D eigenvalue weighted by molar-refractivity contribution is 9.10. The minimum Gasteiger partial charge on any atom is -0.444 e. The van der Waals surface area contributed by atoms with Crippen molar-refractivity contribution in [2.24, 2.45) is 0 Å². The molecular formula is C55H60Br2F6N8O10. The maximum Gasteiger partial charge on any atom is 0.426 e. The molecule has 0 spiro atoms. The summed E-state index contributed by atoms with van der Waals surface area (Å²) in [7, 11) is 0. The van der Waals surface area contributed by atoms with Crippen LogP contribution in [0.1, 0.15) is 109 Å². The molecule has 0 bridgehead atoms. The number of aryl methyl sites for hydroxylation is 2. The van der Waals surface area contributed by atoms with Gasteiger partial charge in [-0.2, -0.15) is 31.2 Å². The molecule has 0 aliphatic rings. The lowest BCUT2D eigenvalue weighted by molar-refractivity contribution is -0.296. The third-order valence-electron chi connectivity index (χ3n) is 10.7. The first-order chi connectivity index (χ1) is 37.5. The van der Waals surface area contributed by atoms with Crippen LogP contribution in [-0.4, -0.2) is 77.8 Å². The van der Waals surface area contributed by atoms with Gasteiger partial charge in [0.05, 0.1) is 24.6 Å². The summed E-state index contributed by atoms with van der Waals surface area (Å²) in [6.07, 6.45) is -12.3. The zero-order valence-corrected chi connectivity index (χ0v) is 49.2. The number of nitrogens with zero attached hydrogens (tertiary/aromatic N) is 7. The van der Waals surface area contributed by atoms with E-state index in [-0.39, 0.29) is 39.9 Å². The van der Waals surface area contributed by atoms with Crippen LogP contribution in [0, 0.1) is 13.8 Å². The predicted octanol–water partition coefficient (Wildman–Crippen LogP) is 15.5. The van der Waals surface area contributed by atoms with Crippen molar-refractivity contribution >= 4 is 61.5 Å². The van der Waals surface area contributed by atoms with Crippen LogP contribution in [0.2, 0.25) is 0 Å². The number of anilines is 2. The van der Waals surface area contributed by atoms with Gasteiger partial charge in [0.15, 0.2) is 11.4 Å². The molecule has 0 fully saturated rings. The van der Waals surface area contributed by atoms with E-state index >= 15 is 0 Å². The molecule has 0 saturated carbocycles. The van der Waals surface area contributed by atoms with E-state index in [0.717, 1.165) is 12.2 Å². The average molecular weight is 1270 g/mol. The second-order valence-corrected chi connectivity index (χ2v) is 22.4. The van der Waals surface area contributed by atoms with E-state index in [9.17, 15) is 40.7 Å². The molecule has 18 nitrogen and oxygen atoms in total. The molecule has 0 aliphatic heterocycles. The van der Waals surface area contributed by atoms with Crippen LogP contribution in [0.25, 0.3) is 23.2 Å². The van der Waals surface area contributed by atoms with Crippen LogP contribution in [0.5, 0.6) is 0 Å². The number of ether oxygens (including phenoxy) is 5. The Morgan fingerprint density at radius 1 is 0.593 bits per heavy atom. The average Bonchev–Trinajstić information content (AvgIpc) is 4.31. The third-order valence-corrected chi connectivity index (χ3v) is 12.3. The molecule has 6 rings (SSSR count). The van der Waals surface area contributed by atoms with E-state index in [0.29, 0.717) is 31.8 Å². The first-order valence-electron chi connectivity index (χ1n) is 24.5. The summed E-state index contributed by atoms with van der Waals surface area (Å²) in [6.45, 7) is 24.1. The normalized spacial score (nSPS) is 13.6. The van der Waals surface area contributed by atoms with Gasteiger partial charge in [0, 0.05) is 12.8 Å². The number of imide groups is 1. The standard InChI is InChI=1S/C30H34BrF3N4O6.C25H26BrF3N4O4/c1-9-15-29(30(32,33)34,41-17-19-13-11-10-12-14-19)24-37-36-23(42-24)21-20(16-18(2)22(31)35-21)38(25(39)43-27(3,4)5)26(40)44-28(6,7)8;1-6-12-24(25(27,28)29,35-14-16-10-8-7-9-11-16)21-33-32-20(36-21)18-17(13-15(2)19(26)31-18)30-22(34)37-23(3,4)5/h9-14,16H,1,15,17H2,2-8H3;6-11,13H,1,12,14H2,2-5H3,(H,30,34)/t29-;24-/m11/s1. The van der Waals surface area contributed by atoms with Crippen LogP contribution in [-0.2, 0) is 48.1 Å². The van der Waals surface area contributed by atoms with E-state index in [4.69, 9.17) is 32.5 Å². The number of amides is 3. The molecule has 0 radical (unpaired) electrons. The van der Waals surface area contributed by atoms with Gasteiger partial charge in [-0.25, -0.2) is 24.4 Å². The quantitative estimate of drug-likeness (QED) is 0.0412. The third kappa shape index (κ3) is 16.8. The van der Waals surface area contributed by atoms with Gasteiger partial charge in [-0.1, -0.05) is 72.8 Å². The number of benzene rings is 2. The number of carbonyl (C=O) groups is 3. The predicted molar refractivity (Wildman–Crippen MR) is 292 cm³/mol. The molecule has 26 heteroatoms. The molecule has 0 unspecified atom stereocenters. The molecule has 1 N–H and O–H groups in total. The van der Waals surface area contributed by atoms with Gasteiger partial charge in [0.2, 0.25) is 11.2 Å². The smallest absolute Gasteiger partial charge is 0.426 e. The van der Waals surface area contributed by atoms with E-state index in [1.54, 1.807) is 143 Å². The molecule has 0 saturated heterocycles. The number of halogens is 8. The SMILES string of the molecule is C=CC[C@@](OCc1ccccc1)(c1nnc(-c2nc(Br)c(C)cc2N(C(=O)OC(C)(C)C)C(=O)OC(C)(C)C)o1)C(F)(F)F.C=CC[C@@](OCc1ccccc1)(c1nnc(-c2nc(Br)c(C)cc2NC(=O)OC(C)(C)C)o1)C(F)(F)F. The second-order valence-electron chi connectivity index (χ2n) is 20.9. The van der Waals surface area contributed by atoms with Crippen molar-refractivity contribution in [3.05, 3.63) is 141 Å². The molecular weight excluding hydrogens is 1210 g/mol. The van der Waals surface area contributed by atoms with Gasteiger partial charge in [-0.05, 0) is 142 Å². The summed E-state index contributed by atoms with van der Waals surface area (Å²) < 4.78 is 127. The summed E-state index contributed by atoms with van der Waals surface area (Å²) in [5.74, 6) is -2.65. The number of hydrogen-bond acceptors (Lipinski definition) is 16. The lowest BCUT2D eigenvalue weighted by Gasteiger charge is -2.31. The lowest BCUT2D eigenvalue weighted by atomic mass is 9.98. The minimum absolute atomic E-state index is 0.0557. The summed E-state index contributed by atoms with van der Waals surface area (Å²) in [6, 6.07) is 19.6. The number of pyridine rings is 2. The van der Waals surface area contributed by atoms with Gasteiger partial charge >= 0.3 is 30.6 Å². The maximum atomic E-state index is 14.8. The Hall–Kier alpha value is -7.03. The van der Waals surface area contributed by atoms with E-state index in [2.05, 4.69) is 80.7 Å².